The molecule has 10 nitrogen and oxygen atoms in total. The Hall–Kier alpha value is -2.96. The third kappa shape index (κ3) is 7.02. The van der Waals surface area contributed by atoms with Crippen LogP contribution >= 0.6 is 34.5 Å². The van der Waals surface area contributed by atoms with Gasteiger partial charge in [0.25, 0.3) is 0 Å². The van der Waals surface area contributed by atoms with Crippen LogP contribution in [-0.4, -0.2) is 68.3 Å². The SMILES string of the molecule is Cc1c(OCCCN2CCC(CO)CC2)cn2ncnc(Nc3ncc(CC(=O)Nc4ccc(Cl)c(Cl)c4)s3)c12. The fourth-order valence-corrected chi connectivity index (χ4v) is 5.83. The number of carbonyl (C=O) groups excluding carboxylic acids is 1. The molecule has 0 saturated carbocycles. The molecule has 1 fully saturated rings. The molecular weight excluding hydrogens is 573 g/mol. The van der Waals surface area contributed by atoms with E-state index in [0.29, 0.717) is 45.8 Å². The van der Waals surface area contributed by atoms with E-state index in [-0.39, 0.29) is 12.3 Å². The molecule has 40 heavy (non-hydrogen) atoms. The first-order valence-corrected chi connectivity index (χ1v) is 14.7. The van der Waals surface area contributed by atoms with Gasteiger partial charge in [-0.3, -0.25) is 4.79 Å². The van der Waals surface area contributed by atoms with Crippen molar-refractivity contribution in [1.29, 1.82) is 0 Å². The van der Waals surface area contributed by atoms with Crippen molar-refractivity contribution in [3.8, 4) is 5.75 Å². The van der Waals surface area contributed by atoms with Crippen molar-refractivity contribution in [2.24, 2.45) is 5.92 Å². The van der Waals surface area contributed by atoms with Crippen molar-refractivity contribution in [3.05, 3.63) is 57.4 Å². The average Bonchev–Trinajstić information content (AvgIpc) is 3.52. The number of hydrogen-bond acceptors (Lipinski definition) is 9. The lowest BCUT2D eigenvalue weighted by molar-refractivity contribution is -0.115. The van der Waals surface area contributed by atoms with Gasteiger partial charge in [0.15, 0.2) is 10.9 Å². The van der Waals surface area contributed by atoms with Crippen molar-refractivity contribution in [2.45, 2.75) is 32.6 Å². The lowest BCUT2D eigenvalue weighted by Crippen LogP contribution is -2.35. The summed E-state index contributed by atoms with van der Waals surface area (Å²) < 4.78 is 7.86. The van der Waals surface area contributed by atoms with Gasteiger partial charge in [-0.2, -0.15) is 5.10 Å². The van der Waals surface area contributed by atoms with Crippen LogP contribution in [0.4, 0.5) is 16.6 Å². The summed E-state index contributed by atoms with van der Waals surface area (Å²) in [5.74, 6) is 1.64. The number of benzene rings is 1. The molecule has 1 amide bonds. The number of aromatic nitrogens is 4. The van der Waals surface area contributed by atoms with Gasteiger partial charge in [-0.1, -0.05) is 23.2 Å². The van der Waals surface area contributed by atoms with Crippen molar-refractivity contribution in [3.63, 3.8) is 0 Å². The van der Waals surface area contributed by atoms with Crippen LogP contribution in [0, 0.1) is 12.8 Å². The summed E-state index contributed by atoms with van der Waals surface area (Å²) in [5.41, 5.74) is 2.32. The number of halogens is 2. The van der Waals surface area contributed by atoms with Gasteiger partial charge in [0.1, 0.15) is 17.6 Å². The first-order valence-electron chi connectivity index (χ1n) is 13.1. The summed E-state index contributed by atoms with van der Waals surface area (Å²) in [5, 5.41) is 21.2. The highest BCUT2D eigenvalue weighted by molar-refractivity contribution is 7.15. The van der Waals surface area contributed by atoms with E-state index in [1.807, 2.05) is 13.1 Å². The zero-order valence-corrected chi connectivity index (χ0v) is 24.4. The minimum Gasteiger partial charge on any atom is -0.492 e. The molecule has 3 aromatic heterocycles. The Labute approximate surface area is 246 Å². The van der Waals surface area contributed by atoms with E-state index in [2.05, 4.69) is 30.6 Å². The zero-order valence-electron chi connectivity index (χ0n) is 22.1. The van der Waals surface area contributed by atoms with Gasteiger partial charge in [-0.05, 0) is 63.4 Å². The Morgan fingerprint density at radius 3 is 2.83 bits per heavy atom. The minimum absolute atomic E-state index is 0.167. The summed E-state index contributed by atoms with van der Waals surface area (Å²) in [6, 6.07) is 4.95. The maximum absolute atomic E-state index is 12.5. The number of hydrogen-bond donors (Lipinski definition) is 3. The van der Waals surface area contributed by atoms with Crippen molar-refractivity contribution in [1.82, 2.24) is 24.5 Å². The van der Waals surface area contributed by atoms with E-state index >= 15 is 0 Å². The molecule has 3 N–H and O–H groups in total. The first-order chi connectivity index (χ1) is 19.4. The van der Waals surface area contributed by atoms with Crippen LogP contribution in [-0.2, 0) is 11.2 Å². The zero-order chi connectivity index (χ0) is 28.1. The van der Waals surface area contributed by atoms with E-state index in [0.717, 1.165) is 60.6 Å². The quantitative estimate of drug-likeness (QED) is 0.200. The predicted molar refractivity (Wildman–Crippen MR) is 158 cm³/mol. The molecule has 0 radical (unpaired) electrons. The Kier molecular flexibility index (Phi) is 9.38. The molecule has 1 aliphatic heterocycles. The summed E-state index contributed by atoms with van der Waals surface area (Å²) in [6.07, 6.45) is 8.22. The van der Waals surface area contributed by atoms with E-state index < -0.39 is 0 Å². The number of rotatable bonds is 11. The molecule has 0 bridgehead atoms. The van der Waals surface area contributed by atoms with E-state index in [1.54, 1.807) is 28.9 Å². The minimum atomic E-state index is -0.183. The molecule has 13 heteroatoms. The highest BCUT2D eigenvalue weighted by atomic mass is 35.5. The number of piperidine rings is 1. The van der Waals surface area contributed by atoms with Crippen LogP contribution < -0.4 is 15.4 Å². The smallest absolute Gasteiger partial charge is 0.229 e. The Balaban J connectivity index is 1.16. The molecule has 212 valence electrons. The van der Waals surface area contributed by atoms with Gasteiger partial charge >= 0.3 is 0 Å². The van der Waals surface area contributed by atoms with E-state index in [1.165, 1.54) is 17.7 Å². The van der Waals surface area contributed by atoms with E-state index in [9.17, 15) is 9.90 Å². The van der Waals surface area contributed by atoms with E-state index in [4.69, 9.17) is 27.9 Å². The van der Waals surface area contributed by atoms with Crippen LogP contribution in [0.5, 0.6) is 5.75 Å². The third-order valence-electron chi connectivity index (χ3n) is 6.94. The number of amides is 1. The molecule has 1 aliphatic rings. The molecular formula is C27H31Cl2N7O3S. The van der Waals surface area contributed by atoms with Gasteiger partial charge in [0, 0.05) is 35.5 Å². The van der Waals surface area contributed by atoms with Gasteiger partial charge in [-0.15, -0.1) is 11.3 Å². The van der Waals surface area contributed by atoms with Crippen LogP contribution in [0.3, 0.4) is 0 Å². The summed E-state index contributed by atoms with van der Waals surface area (Å²) in [6.45, 7) is 5.93. The molecule has 0 aliphatic carbocycles. The monoisotopic (exact) mass is 603 g/mol. The molecule has 5 rings (SSSR count). The number of carbonyl (C=O) groups is 1. The molecule has 1 aromatic carbocycles. The number of nitrogens with zero attached hydrogens (tertiary/aromatic N) is 5. The molecule has 4 heterocycles. The summed E-state index contributed by atoms with van der Waals surface area (Å²) in [4.78, 5) is 24.6. The fraction of sp³-hybridized carbons (Fsp3) is 0.407. The van der Waals surface area contributed by atoms with Crippen LogP contribution in [0.1, 0.15) is 29.7 Å². The maximum atomic E-state index is 12.5. The average molecular weight is 605 g/mol. The van der Waals surface area contributed by atoms with Gasteiger partial charge in [0.2, 0.25) is 5.91 Å². The Bertz CT molecular complexity index is 1470. The lowest BCUT2D eigenvalue weighted by atomic mass is 9.98. The molecule has 0 unspecified atom stereocenters. The predicted octanol–water partition coefficient (Wildman–Crippen LogP) is 5.20. The van der Waals surface area contributed by atoms with Crippen LogP contribution in [0.25, 0.3) is 5.52 Å². The Morgan fingerprint density at radius 2 is 2.05 bits per heavy atom. The number of fused-ring (bicyclic) bond motifs is 1. The Morgan fingerprint density at radius 1 is 1.23 bits per heavy atom. The fourth-order valence-electron chi connectivity index (χ4n) is 4.72. The summed E-state index contributed by atoms with van der Waals surface area (Å²) >= 11 is 13.4. The number of aryl methyl sites for hydroxylation is 1. The second-order valence-corrected chi connectivity index (χ2v) is 11.7. The number of anilines is 3. The van der Waals surface area contributed by atoms with Crippen molar-refractivity contribution < 1.29 is 14.6 Å². The normalized spacial score (nSPS) is 14.5. The van der Waals surface area contributed by atoms with Gasteiger partial charge < -0.3 is 25.4 Å². The number of nitrogens with one attached hydrogen (secondary N) is 2. The molecule has 1 saturated heterocycles. The molecule has 0 atom stereocenters. The van der Waals surface area contributed by atoms with Gasteiger partial charge in [-0.25, -0.2) is 14.5 Å². The van der Waals surface area contributed by atoms with Crippen LogP contribution in [0.15, 0.2) is 36.9 Å². The number of aliphatic hydroxyl groups excluding tert-OH is 1. The standard InChI is InChI=1S/C27H31Cl2N7O3S/c1-17-23(39-10-2-7-35-8-5-18(15-37)6-9-35)14-36-25(17)26(31-16-32-36)34-27-30-13-20(40-27)12-24(38)33-19-3-4-21(28)22(29)11-19/h3-4,11,13-14,16,18,37H,2,5-10,12,15H2,1H3,(H,33,38)(H,30,31,32,34). The molecule has 4 aromatic rings. The number of ether oxygens (including phenoxy) is 1. The summed E-state index contributed by atoms with van der Waals surface area (Å²) in [7, 11) is 0. The van der Waals surface area contributed by atoms with Crippen LogP contribution in [0.2, 0.25) is 10.0 Å². The maximum Gasteiger partial charge on any atom is 0.229 e. The van der Waals surface area contributed by atoms with Crippen molar-refractivity contribution in [2.75, 3.05) is 43.5 Å². The first kappa shape index (κ1) is 28.6. The molecule has 0 spiro atoms. The number of likely N-dealkylation sites (tertiary alicyclic amines) is 1. The lowest BCUT2D eigenvalue weighted by Gasteiger charge is -2.30. The third-order valence-corrected chi connectivity index (χ3v) is 8.59. The number of thiazole rings is 1. The highest BCUT2D eigenvalue weighted by Gasteiger charge is 2.19. The van der Waals surface area contributed by atoms with Gasteiger partial charge in [0.05, 0.1) is 29.3 Å². The topological polar surface area (TPSA) is 117 Å². The second-order valence-electron chi connectivity index (χ2n) is 9.80. The highest BCUT2D eigenvalue weighted by Crippen LogP contribution is 2.31. The number of aliphatic hydroxyl groups is 1. The van der Waals surface area contributed by atoms with Crippen molar-refractivity contribution >= 4 is 62.6 Å². The largest absolute Gasteiger partial charge is 0.492 e. The second kappa shape index (κ2) is 13.1.